The predicted octanol–water partition coefficient (Wildman–Crippen LogP) is 8.08. The largest absolute Gasteiger partial charge is 0.381 e. The third-order valence-corrected chi connectivity index (χ3v) is 11.6. The molecule has 0 aliphatic carbocycles. The van der Waals surface area contributed by atoms with E-state index in [-0.39, 0.29) is 17.2 Å². The number of pyridine rings is 1. The highest BCUT2D eigenvalue weighted by Crippen LogP contribution is 2.45. The molecule has 3 aliphatic rings. The molecule has 0 bridgehead atoms. The van der Waals surface area contributed by atoms with Gasteiger partial charge in [0.05, 0.1) is 27.2 Å². The average molecular weight is 701 g/mol. The van der Waals surface area contributed by atoms with Gasteiger partial charge in [-0.3, -0.25) is 9.59 Å². The van der Waals surface area contributed by atoms with Crippen molar-refractivity contribution in [2.24, 2.45) is 5.41 Å². The normalized spacial score (nSPS) is 16.4. The molecule has 250 valence electrons. The van der Waals surface area contributed by atoms with Crippen LogP contribution in [0.5, 0.6) is 0 Å². The van der Waals surface area contributed by atoms with Gasteiger partial charge in [0.15, 0.2) is 0 Å². The first kappa shape index (κ1) is 31.0. The summed E-state index contributed by atoms with van der Waals surface area (Å²) in [5.41, 5.74) is 6.80. The summed E-state index contributed by atoms with van der Waals surface area (Å²) in [6.07, 6.45) is 4.52. The first-order valence-electron chi connectivity index (χ1n) is 16.8. The maximum Gasteiger partial charge on any atom is 0.259 e. The van der Waals surface area contributed by atoms with Crippen LogP contribution in [-0.2, 0) is 11.2 Å². The van der Waals surface area contributed by atoms with E-state index in [1.807, 2.05) is 47.4 Å². The van der Waals surface area contributed by atoms with E-state index >= 15 is 0 Å². The third kappa shape index (κ3) is 5.53. The topological polar surface area (TPSA) is 103 Å². The van der Waals surface area contributed by atoms with Crippen LogP contribution in [0.1, 0.15) is 39.1 Å². The minimum absolute atomic E-state index is 0.0887. The molecular formula is C39H33ClN6O3S. The summed E-state index contributed by atoms with van der Waals surface area (Å²) in [6, 6.07) is 26.6. The van der Waals surface area contributed by atoms with Crippen LogP contribution < -0.4 is 15.1 Å². The van der Waals surface area contributed by atoms with Gasteiger partial charge in [-0.25, -0.2) is 9.97 Å². The number of hydrogen-bond acceptors (Lipinski definition) is 7. The summed E-state index contributed by atoms with van der Waals surface area (Å²) < 4.78 is 5.56. The molecule has 2 saturated heterocycles. The van der Waals surface area contributed by atoms with E-state index in [2.05, 4.69) is 32.3 Å². The van der Waals surface area contributed by atoms with E-state index in [4.69, 9.17) is 21.3 Å². The molecule has 9 rings (SSSR count). The van der Waals surface area contributed by atoms with Crippen molar-refractivity contribution in [3.8, 4) is 21.1 Å². The molecule has 2 amide bonds. The summed E-state index contributed by atoms with van der Waals surface area (Å²) in [4.78, 5) is 46.5. The number of nitrogens with zero attached hydrogens (tertiary/aromatic N) is 4. The number of halogens is 1. The molecule has 2 N–H and O–H groups in total. The number of carbonyl (C=O) groups excluding carboxylic acids is 2. The number of H-pyrrole nitrogens is 1. The van der Waals surface area contributed by atoms with Crippen molar-refractivity contribution in [2.45, 2.75) is 19.3 Å². The van der Waals surface area contributed by atoms with Gasteiger partial charge in [0, 0.05) is 71.2 Å². The Bertz CT molecular complexity index is 2270. The fourth-order valence-corrected chi connectivity index (χ4v) is 8.79. The lowest BCUT2D eigenvalue weighted by atomic mass is 9.73. The number of thiophene rings is 1. The molecule has 3 aromatic carbocycles. The number of para-hydroxylation sites is 1. The zero-order chi connectivity index (χ0) is 33.8. The SMILES string of the molecule is O=C(Nc1ccc(C(=O)N2CCc3cc(-c4nc5cc(Cl)ccc5[nH]4)sc3-c3ccccc32)cc1)c1cccnc1N1CC2(CCOCC2)C1. The molecule has 1 spiro atoms. The average Bonchev–Trinajstić information content (AvgIpc) is 3.72. The van der Waals surface area contributed by atoms with Crippen molar-refractivity contribution in [3.63, 3.8) is 0 Å². The molecule has 0 saturated carbocycles. The highest BCUT2D eigenvalue weighted by atomic mass is 35.5. The van der Waals surface area contributed by atoms with Crippen LogP contribution in [0.4, 0.5) is 17.2 Å². The lowest BCUT2D eigenvalue weighted by molar-refractivity contribution is -0.000509. The van der Waals surface area contributed by atoms with Gasteiger partial charge in [0.1, 0.15) is 11.6 Å². The van der Waals surface area contributed by atoms with Crippen LogP contribution in [0.2, 0.25) is 5.02 Å². The molecule has 50 heavy (non-hydrogen) atoms. The van der Waals surface area contributed by atoms with Crippen LogP contribution in [0, 0.1) is 5.41 Å². The molecule has 3 aromatic heterocycles. The first-order valence-corrected chi connectivity index (χ1v) is 18.0. The second-order valence-electron chi connectivity index (χ2n) is 13.3. The Morgan fingerprint density at radius 2 is 1.78 bits per heavy atom. The van der Waals surface area contributed by atoms with Gasteiger partial charge in [-0.1, -0.05) is 29.8 Å². The van der Waals surface area contributed by atoms with Crippen LogP contribution in [-0.4, -0.2) is 59.6 Å². The lowest BCUT2D eigenvalue weighted by Gasteiger charge is -2.53. The molecule has 11 heteroatoms. The summed E-state index contributed by atoms with van der Waals surface area (Å²) in [7, 11) is 0. The number of hydrogen-bond donors (Lipinski definition) is 2. The number of fused-ring (bicyclic) bond motifs is 4. The van der Waals surface area contributed by atoms with Gasteiger partial charge >= 0.3 is 0 Å². The van der Waals surface area contributed by atoms with Gasteiger partial charge in [-0.2, -0.15) is 0 Å². The Morgan fingerprint density at radius 3 is 2.62 bits per heavy atom. The molecule has 6 heterocycles. The van der Waals surface area contributed by atoms with E-state index in [1.54, 1.807) is 47.9 Å². The van der Waals surface area contributed by atoms with Crippen molar-refractivity contribution < 1.29 is 14.3 Å². The number of benzene rings is 3. The van der Waals surface area contributed by atoms with Crippen LogP contribution in [0.15, 0.2) is 91.1 Å². The Labute approximate surface area is 297 Å². The predicted molar refractivity (Wildman–Crippen MR) is 199 cm³/mol. The summed E-state index contributed by atoms with van der Waals surface area (Å²) in [5.74, 6) is 1.20. The summed E-state index contributed by atoms with van der Waals surface area (Å²) in [5, 5.41) is 3.67. The number of anilines is 3. The molecule has 9 nitrogen and oxygen atoms in total. The fraction of sp³-hybridized carbons (Fsp3) is 0.231. The number of aromatic nitrogens is 3. The zero-order valence-electron chi connectivity index (χ0n) is 27.1. The molecule has 6 aromatic rings. The quantitative estimate of drug-likeness (QED) is 0.189. The number of rotatable bonds is 5. The van der Waals surface area contributed by atoms with E-state index < -0.39 is 0 Å². The number of nitrogens with one attached hydrogen (secondary N) is 2. The van der Waals surface area contributed by atoms with Crippen molar-refractivity contribution >= 4 is 63.0 Å². The minimum atomic E-state index is -0.224. The van der Waals surface area contributed by atoms with Crippen molar-refractivity contribution in [2.75, 3.05) is 48.0 Å². The first-order chi connectivity index (χ1) is 24.4. The van der Waals surface area contributed by atoms with E-state index in [0.717, 1.165) is 77.0 Å². The molecule has 2 fully saturated rings. The van der Waals surface area contributed by atoms with E-state index in [9.17, 15) is 9.59 Å². The summed E-state index contributed by atoms with van der Waals surface area (Å²) >= 11 is 7.87. The van der Waals surface area contributed by atoms with Crippen molar-refractivity contribution in [1.82, 2.24) is 15.0 Å². The fourth-order valence-electron chi connectivity index (χ4n) is 7.43. The second-order valence-corrected chi connectivity index (χ2v) is 14.8. The van der Waals surface area contributed by atoms with Gasteiger partial charge in [-0.05, 0) is 91.6 Å². The smallest absolute Gasteiger partial charge is 0.259 e. The Kier molecular flexibility index (Phi) is 7.67. The number of ether oxygens (including phenoxy) is 1. The third-order valence-electron chi connectivity index (χ3n) is 10.1. The Morgan fingerprint density at radius 1 is 0.960 bits per heavy atom. The van der Waals surface area contributed by atoms with Crippen LogP contribution >= 0.6 is 22.9 Å². The molecule has 0 atom stereocenters. The highest BCUT2D eigenvalue weighted by Gasteiger charge is 2.45. The van der Waals surface area contributed by atoms with Crippen molar-refractivity contribution in [3.05, 3.63) is 113 Å². The molecule has 0 radical (unpaired) electrons. The second kappa shape index (κ2) is 12.4. The van der Waals surface area contributed by atoms with Crippen LogP contribution in [0.25, 0.3) is 32.2 Å². The van der Waals surface area contributed by atoms with Gasteiger partial charge in [-0.15, -0.1) is 11.3 Å². The van der Waals surface area contributed by atoms with E-state index in [1.165, 1.54) is 5.56 Å². The van der Waals surface area contributed by atoms with Gasteiger partial charge < -0.3 is 24.8 Å². The number of imidazole rings is 1. The number of amides is 2. The Hall–Kier alpha value is -5.03. The Balaban J connectivity index is 0.920. The number of carbonyl (C=O) groups is 2. The molecule has 3 aliphatic heterocycles. The highest BCUT2D eigenvalue weighted by molar-refractivity contribution is 7.19. The molecule has 0 unspecified atom stereocenters. The summed E-state index contributed by atoms with van der Waals surface area (Å²) in [6.45, 7) is 3.89. The van der Waals surface area contributed by atoms with E-state index in [0.29, 0.717) is 40.6 Å². The maximum atomic E-state index is 14.0. The monoisotopic (exact) mass is 700 g/mol. The molecular weight excluding hydrogens is 668 g/mol. The standard InChI is InChI=1S/C39H33ClN6O3S/c40-26-9-12-30-31(21-26)44-35(43-30)33-20-25-13-17-46(32-6-2-1-4-28(32)34(25)50-33)38(48)24-7-10-27(11-8-24)42-37(47)29-5-3-16-41-36(29)45-22-39(23-45)14-18-49-19-15-39/h1-12,16,20-21H,13-15,17-19,22-23H2,(H,42,47)(H,43,44). The van der Waals surface area contributed by atoms with Gasteiger partial charge in [0.2, 0.25) is 0 Å². The zero-order valence-corrected chi connectivity index (χ0v) is 28.7. The van der Waals surface area contributed by atoms with Crippen LogP contribution in [0.3, 0.4) is 0 Å². The lowest BCUT2D eigenvalue weighted by Crippen LogP contribution is -2.59. The number of aromatic amines is 1. The minimum Gasteiger partial charge on any atom is -0.381 e. The van der Waals surface area contributed by atoms with Crippen molar-refractivity contribution in [1.29, 1.82) is 0 Å². The van der Waals surface area contributed by atoms with Gasteiger partial charge in [0.25, 0.3) is 11.8 Å². The maximum absolute atomic E-state index is 14.0.